The lowest BCUT2D eigenvalue weighted by molar-refractivity contribution is -0.134. The number of hydrogen-bond acceptors (Lipinski definition) is 2. The summed E-state index contributed by atoms with van der Waals surface area (Å²) in [5.74, 6) is 0.303. The second-order valence-corrected chi connectivity index (χ2v) is 3.91. The van der Waals surface area contributed by atoms with Gasteiger partial charge in [-0.2, -0.15) is 0 Å². The standard InChI is InChI=1S/C12H16N2O/c15-12(14-9-4-10-14)7-3-6-11-5-1-2-8-13-11/h1-2,5,8H,3-4,6-7,9-10H2. The Balaban J connectivity index is 1.68. The summed E-state index contributed by atoms with van der Waals surface area (Å²) in [6, 6.07) is 5.91. The molecule has 2 rings (SSSR count). The molecule has 1 aromatic rings. The molecule has 1 fully saturated rings. The zero-order valence-corrected chi connectivity index (χ0v) is 8.85. The van der Waals surface area contributed by atoms with Crippen molar-refractivity contribution < 1.29 is 4.79 Å². The van der Waals surface area contributed by atoms with Gasteiger partial charge in [0.15, 0.2) is 0 Å². The third kappa shape index (κ3) is 2.78. The number of carbonyl (C=O) groups is 1. The molecule has 2 heterocycles. The summed E-state index contributed by atoms with van der Waals surface area (Å²) in [6.45, 7) is 1.92. The Morgan fingerprint density at radius 1 is 1.40 bits per heavy atom. The Morgan fingerprint density at radius 3 is 2.87 bits per heavy atom. The summed E-state index contributed by atoms with van der Waals surface area (Å²) in [6.07, 6.45) is 5.45. The maximum absolute atomic E-state index is 11.5. The number of aromatic nitrogens is 1. The molecule has 0 bridgehead atoms. The van der Waals surface area contributed by atoms with Crippen molar-refractivity contribution in [3.63, 3.8) is 0 Å². The summed E-state index contributed by atoms with van der Waals surface area (Å²) >= 11 is 0. The average Bonchev–Trinajstić information content (AvgIpc) is 2.16. The van der Waals surface area contributed by atoms with Crippen LogP contribution < -0.4 is 0 Å². The highest BCUT2D eigenvalue weighted by atomic mass is 16.2. The molecule has 3 nitrogen and oxygen atoms in total. The summed E-state index contributed by atoms with van der Waals surface area (Å²) in [7, 11) is 0. The molecular weight excluding hydrogens is 188 g/mol. The molecule has 1 amide bonds. The Bertz CT molecular complexity index is 320. The van der Waals surface area contributed by atoms with E-state index in [1.54, 1.807) is 6.20 Å². The molecule has 0 radical (unpaired) electrons. The van der Waals surface area contributed by atoms with Gasteiger partial charge < -0.3 is 4.90 Å². The monoisotopic (exact) mass is 204 g/mol. The number of hydrogen-bond donors (Lipinski definition) is 0. The number of rotatable bonds is 4. The summed E-state index contributed by atoms with van der Waals surface area (Å²) in [4.78, 5) is 17.7. The fourth-order valence-corrected chi connectivity index (χ4v) is 1.69. The van der Waals surface area contributed by atoms with E-state index >= 15 is 0 Å². The van der Waals surface area contributed by atoms with Gasteiger partial charge in [-0.05, 0) is 31.4 Å². The van der Waals surface area contributed by atoms with Crippen molar-refractivity contribution in [2.45, 2.75) is 25.7 Å². The first-order chi connectivity index (χ1) is 7.36. The lowest BCUT2D eigenvalue weighted by atomic mass is 10.1. The van der Waals surface area contributed by atoms with Crippen molar-refractivity contribution in [3.05, 3.63) is 30.1 Å². The number of pyridine rings is 1. The van der Waals surface area contributed by atoms with Crippen molar-refractivity contribution in [2.75, 3.05) is 13.1 Å². The second-order valence-electron chi connectivity index (χ2n) is 3.91. The third-order valence-corrected chi connectivity index (χ3v) is 2.76. The van der Waals surface area contributed by atoms with Crippen LogP contribution in [0, 0.1) is 0 Å². The minimum absolute atomic E-state index is 0.303. The predicted octanol–water partition coefficient (Wildman–Crippen LogP) is 1.64. The minimum Gasteiger partial charge on any atom is -0.343 e. The van der Waals surface area contributed by atoms with E-state index < -0.39 is 0 Å². The third-order valence-electron chi connectivity index (χ3n) is 2.76. The van der Waals surface area contributed by atoms with Gasteiger partial charge in [-0.1, -0.05) is 6.07 Å². The SMILES string of the molecule is O=C(CCCc1ccccn1)N1CCC1. The molecular formula is C12H16N2O. The van der Waals surface area contributed by atoms with Gasteiger partial charge in [0.05, 0.1) is 0 Å². The van der Waals surface area contributed by atoms with Crippen LogP contribution in [0.15, 0.2) is 24.4 Å². The molecule has 0 aliphatic carbocycles. The highest BCUT2D eigenvalue weighted by molar-refractivity contribution is 5.76. The van der Waals surface area contributed by atoms with Crippen molar-refractivity contribution in [3.8, 4) is 0 Å². The molecule has 0 unspecified atom stereocenters. The lowest BCUT2D eigenvalue weighted by Gasteiger charge is -2.30. The van der Waals surface area contributed by atoms with Gasteiger partial charge in [0.25, 0.3) is 0 Å². The smallest absolute Gasteiger partial charge is 0.222 e. The van der Waals surface area contributed by atoms with Gasteiger partial charge in [0.1, 0.15) is 0 Å². The summed E-state index contributed by atoms with van der Waals surface area (Å²) < 4.78 is 0. The zero-order chi connectivity index (χ0) is 10.5. The van der Waals surface area contributed by atoms with Crippen LogP contribution in [0.5, 0.6) is 0 Å². The van der Waals surface area contributed by atoms with E-state index in [1.165, 1.54) is 6.42 Å². The molecule has 0 atom stereocenters. The summed E-state index contributed by atoms with van der Waals surface area (Å²) in [5, 5.41) is 0. The van der Waals surface area contributed by atoms with Crippen molar-refractivity contribution in [1.82, 2.24) is 9.88 Å². The van der Waals surface area contributed by atoms with Crippen LogP contribution in [0.3, 0.4) is 0 Å². The number of likely N-dealkylation sites (tertiary alicyclic amines) is 1. The van der Waals surface area contributed by atoms with Gasteiger partial charge in [-0.3, -0.25) is 9.78 Å². The Morgan fingerprint density at radius 2 is 2.27 bits per heavy atom. The number of aryl methyl sites for hydroxylation is 1. The van der Waals surface area contributed by atoms with E-state index in [2.05, 4.69) is 4.98 Å². The molecule has 0 aromatic carbocycles. The van der Waals surface area contributed by atoms with E-state index in [-0.39, 0.29) is 0 Å². The maximum atomic E-state index is 11.5. The molecule has 0 N–H and O–H groups in total. The van der Waals surface area contributed by atoms with Crippen LogP contribution in [0.4, 0.5) is 0 Å². The molecule has 15 heavy (non-hydrogen) atoms. The maximum Gasteiger partial charge on any atom is 0.222 e. The Hall–Kier alpha value is -1.38. The van der Waals surface area contributed by atoms with E-state index in [0.29, 0.717) is 12.3 Å². The van der Waals surface area contributed by atoms with Crippen molar-refractivity contribution in [1.29, 1.82) is 0 Å². The first-order valence-corrected chi connectivity index (χ1v) is 5.54. The Labute approximate surface area is 90.1 Å². The molecule has 1 aliphatic rings. The van der Waals surface area contributed by atoms with Crippen LogP contribution in [0.2, 0.25) is 0 Å². The normalized spacial score (nSPS) is 14.8. The van der Waals surface area contributed by atoms with E-state index in [9.17, 15) is 4.79 Å². The van der Waals surface area contributed by atoms with Crippen LogP contribution in [-0.4, -0.2) is 28.9 Å². The molecule has 3 heteroatoms. The largest absolute Gasteiger partial charge is 0.343 e. The fourth-order valence-electron chi connectivity index (χ4n) is 1.69. The fraction of sp³-hybridized carbons (Fsp3) is 0.500. The topological polar surface area (TPSA) is 33.2 Å². The number of amides is 1. The second kappa shape index (κ2) is 4.91. The highest BCUT2D eigenvalue weighted by Crippen LogP contribution is 2.10. The van der Waals surface area contributed by atoms with E-state index in [4.69, 9.17) is 0 Å². The highest BCUT2D eigenvalue weighted by Gasteiger charge is 2.19. The number of nitrogens with zero attached hydrogens (tertiary/aromatic N) is 2. The lowest BCUT2D eigenvalue weighted by Crippen LogP contribution is -2.41. The molecule has 1 aromatic heterocycles. The summed E-state index contributed by atoms with van der Waals surface area (Å²) in [5.41, 5.74) is 1.08. The number of carbonyl (C=O) groups excluding carboxylic acids is 1. The average molecular weight is 204 g/mol. The van der Waals surface area contributed by atoms with Gasteiger partial charge >= 0.3 is 0 Å². The minimum atomic E-state index is 0.303. The molecule has 0 saturated carbocycles. The van der Waals surface area contributed by atoms with Gasteiger partial charge in [0.2, 0.25) is 5.91 Å². The van der Waals surface area contributed by atoms with Crippen molar-refractivity contribution >= 4 is 5.91 Å². The molecule has 0 spiro atoms. The predicted molar refractivity (Wildman–Crippen MR) is 58.4 cm³/mol. The van der Waals surface area contributed by atoms with Crippen LogP contribution in [0.1, 0.15) is 25.0 Å². The quantitative estimate of drug-likeness (QED) is 0.747. The van der Waals surface area contributed by atoms with Gasteiger partial charge in [-0.25, -0.2) is 0 Å². The molecule has 80 valence electrons. The van der Waals surface area contributed by atoms with Crippen molar-refractivity contribution in [2.24, 2.45) is 0 Å². The molecule has 1 saturated heterocycles. The van der Waals surface area contributed by atoms with Crippen LogP contribution >= 0.6 is 0 Å². The van der Waals surface area contributed by atoms with Gasteiger partial charge in [0, 0.05) is 31.4 Å². The zero-order valence-electron chi connectivity index (χ0n) is 8.85. The van der Waals surface area contributed by atoms with E-state index in [0.717, 1.165) is 31.6 Å². The van der Waals surface area contributed by atoms with E-state index in [1.807, 2.05) is 23.1 Å². The first-order valence-electron chi connectivity index (χ1n) is 5.54. The first kappa shape index (κ1) is 10.1. The van der Waals surface area contributed by atoms with Crippen LogP contribution in [0.25, 0.3) is 0 Å². The van der Waals surface area contributed by atoms with Crippen LogP contribution in [-0.2, 0) is 11.2 Å². The van der Waals surface area contributed by atoms with Gasteiger partial charge in [-0.15, -0.1) is 0 Å². The Kier molecular flexibility index (Phi) is 3.33. The molecule has 1 aliphatic heterocycles.